The zero-order valence-corrected chi connectivity index (χ0v) is 15.9. The molecule has 0 aromatic carbocycles. The molecule has 9 nitrogen and oxygen atoms in total. The first-order valence-electron chi connectivity index (χ1n) is 8.42. The van der Waals surface area contributed by atoms with E-state index >= 15 is 0 Å². The van der Waals surface area contributed by atoms with Gasteiger partial charge in [-0.3, -0.25) is 4.79 Å². The molecule has 0 unspecified atom stereocenters. The molecule has 2 rings (SSSR count). The lowest BCUT2D eigenvalue weighted by Crippen LogP contribution is -2.52. The number of aromatic nitrogens is 2. The number of nitrogens with zero attached hydrogens (tertiary/aromatic N) is 3. The minimum atomic E-state index is -0.905. The lowest BCUT2D eigenvalue weighted by molar-refractivity contribution is 0.0556. The summed E-state index contributed by atoms with van der Waals surface area (Å²) in [4.78, 5) is 32.3. The number of anilines is 2. The van der Waals surface area contributed by atoms with E-state index in [9.17, 15) is 14.7 Å². The lowest BCUT2D eigenvalue weighted by atomic mass is 9.88. The van der Waals surface area contributed by atoms with Crippen LogP contribution in [0.4, 0.5) is 16.4 Å². The molecular formula is C16H25ClN6O3. The third-order valence-electron chi connectivity index (χ3n) is 4.45. The molecule has 0 saturated heterocycles. The van der Waals surface area contributed by atoms with Gasteiger partial charge in [-0.05, 0) is 46.5 Å². The van der Waals surface area contributed by atoms with Crippen molar-refractivity contribution in [1.29, 1.82) is 0 Å². The summed E-state index contributed by atoms with van der Waals surface area (Å²) in [6, 6.07) is 0.0295. The zero-order valence-electron chi connectivity index (χ0n) is 15.1. The Kier molecular flexibility index (Phi) is 5.80. The number of hydrogen-bond acceptors (Lipinski definition) is 6. The normalized spacial score (nSPS) is 20.5. The van der Waals surface area contributed by atoms with Crippen molar-refractivity contribution in [2.75, 3.05) is 11.1 Å². The fraction of sp³-hybridized carbons (Fsp3) is 0.625. The molecule has 1 aliphatic rings. The van der Waals surface area contributed by atoms with Gasteiger partial charge in [0, 0.05) is 17.6 Å². The van der Waals surface area contributed by atoms with Crippen LogP contribution in [0.1, 0.15) is 56.9 Å². The number of carbonyl (C=O) groups is 2. The molecule has 1 fully saturated rings. The Bertz CT molecular complexity index is 698. The van der Waals surface area contributed by atoms with E-state index in [2.05, 4.69) is 15.3 Å². The third kappa shape index (κ3) is 4.46. The number of nitrogens with two attached hydrogens (primary N) is 2. The number of halogens is 1. The second-order valence-electron chi connectivity index (χ2n) is 7.43. The minimum Gasteiger partial charge on any atom is -0.465 e. The van der Waals surface area contributed by atoms with Crippen LogP contribution in [-0.4, -0.2) is 49.6 Å². The molecule has 1 aromatic heterocycles. The van der Waals surface area contributed by atoms with E-state index in [1.807, 2.05) is 20.8 Å². The second-order valence-corrected chi connectivity index (χ2v) is 7.79. The number of amides is 2. The van der Waals surface area contributed by atoms with Crippen LogP contribution >= 0.6 is 11.6 Å². The van der Waals surface area contributed by atoms with E-state index in [0.717, 1.165) is 25.7 Å². The van der Waals surface area contributed by atoms with Gasteiger partial charge in [0.25, 0.3) is 5.91 Å². The molecule has 2 amide bonds. The maximum absolute atomic E-state index is 11.6. The quantitative estimate of drug-likeness (QED) is 0.622. The summed E-state index contributed by atoms with van der Waals surface area (Å²) in [7, 11) is 0. The second kappa shape index (κ2) is 7.53. The van der Waals surface area contributed by atoms with E-state index in [1.54, 1.807) is 0 Å². The Morgan fingerprint density at radius 3 is 2.27 bits per heavy atom. The number of carbonyl (C=O) groups excluding carboxylic acids is 1. The largest absolute Gasteiger partial charge is 0.465 e. The maximum Gasteiger partial charge on any atom is 0.407 e. The van der Waals surface area contributed by atoms with Gasteiger partial charge >= 0.3 is 6.09 Å². The first-order valence-corrected chi connectivity index (χ1v) is 8.80. The molecule has 0 spiro atoms. The van der Waals surface area contributed by atoms with Gasteiger partial charge in [-0.2, -0.15) is 0 Å². The van der Waals surface area contributed by atoms with E-state index in [0.29, 0.717) is 5.82 Å². The fourth-order valence-corrected chi connectivity index (χ4v) is 3.54. The average molecular weight is 385 g/mol. The molecule has 1 heterocycles. The van der Waals surface area contributed by atoms with Gasteiger partial charge < -0.3 is 26.8 Å². The molecule has 0 radical (unpaired) electrons. The molecule has 6 N–H and O–H groups in total. The molecular weight excluding hydrogens is 360 g/mol. The van der Waals surface area contributed by atoms with Crippen molar-refractivity contribution in [1.82, 2.24) is 14.9 Å². The van der Waals surface area contributed by atoms with Gasteiger partial charge in [0.15, 0.2) is 22.5 Å². The van der Waals surface area contributed by atoms with Gasteiger partial charge in [-0.15, -0.1) is 0 Å². The molecule has 1 aromatic rings. The van der Waals surface area contributed by atoms with Crippen molar-refractivity contribution in [3.63, 3.8) is 0 Å². The van der Waals surface area contributed by atoms with Crippen LogP contribution < -0.4 is 16.8 Å². The lowest BCUT2D eigenvalue weighted by Gasteiger charge is -2.42. The topological polar surface area (TPSA) is 147 Å². The molecule has 0 atom stereocenters. The predicted octanol–water partition coefficient (Wildman–Crippen LogP) is 2.31. The molecule has 1 aliphatic carbocycles. The van der Waals surface area contributed by atoms with E-state index in [-0.39, 0.29) is 28.7 Å². The third-order valence-corrected chi connectivity index (χ3v) is 4.71. The first kappa shape index (κ1) is 20.0. The highest BCUT2D eigenvalue weighted by molar-refractivity contribution is 6.32. The first-order chi connectivity index (χ1) is 12.0. The van der Waals surface area contributed by atoms with Crippen LogP contribution in [-0.2, 0) is 0 Å². The summed E-state index contributed by atoms with van der Waals surface area (Å²) >= 11 is 6.06. The van der Waals surface area contributed by atoms with Crippen LogP contribution in [0.5, 0.6) is 0 Å². The molecule has 10 heteroatoms. The molecule has 144 valence electrons. The van der Waals surface area contributed by atoms with Gasteiger partial charge in [0.2, 0.25) is 0 Å². The Morgan fingerprint density at radius 1 is 1.23 bits per heavy atom. The highest BCUT2D eigenvalue weighted by Crippen LogP contribution is 2.31. The monoisotopic (exact) mass is 384 g/mol. The molecule has 1 saturated carbocycles. The van der Waals surface area contributed by atoms with Crippen molar-refractivity contribution in [3.8, 4) is 0 Å². The number of nitrogen functional groups attached to an aromatic ring is 1. The summed E-state index contributed by atoms with van der Waals surface area (Å²) in [5, 5.41) is 12.7. The Morgan fingerprint density at radius 2 is 1.81 bits per heavy atom. The predicted molar refractivity (Wildman–Crippen MR) is 99.3 cm³/mol. The van der Waals surface area contributed by atoms with Crippen molar-refractivity contribution in [2.24, 2.45) is 5.73 Å². The zero-order chi connectivity index (χ0) is 19.6. The maximum atomic E-state index is 11.6. The Labute approximate surface area is 157 Å². The highest BCUT2D eigenvalue weighted by atomic mass is 35.5. The van der Waals surface area contributed by atoms with E-state index in [1.165, 1.54) is 4.90 Å². The molecule has 0 bridgehead atoms. The summed E-state index contributed by atoms with van der Waals surface area (Å²) in [6.07, 6.45) is 2.04. The number of nitrogens with one attached hydrogen (secondary N) is 1. The summed E-state index contributed by atoms with van der Waals surface area (Å²) in [6.45, 7) is 5.68. The Balaban J connectivity index is 2.04. The van der Waals surface area contributed by atoms with Crippen LogP contribution in [0.3, 0.4) is 0 Å². The SMILES string of the molecule is CC(C)(C)N(C(=O)O)[C@H]1CC[C@H](Nc2nc(N)c(C(N)=O)nc2Cl)CC1. The van der Waals surface area contributed by atoms with Crippen molar-refractivity contribution < 1.29 is 14.7 Å². The summed E-state index contributed by atoms with van der Waals surface area (Å²) < 4.78 is 0. The standard InChI is InChI=1S/C16H25ClN6O3/c1-16(2,3)23(15(25)26)9-6-4-8(5-7-9)20-14-11(17)21-10(13(19)24)12(18)22-14/h8-9H,4-7H2,1-3H3,(H2,19,24)(H,25,26)(H3,18,20,22)/t8-,9-. The number of hydrogen-bond donors (Lipinski definition) is 4. The smallest absolute Gasteiger partial charge is 0.407 e. The summed E-state index contributed by atoms with van der Waals surface area (Å²) in [5.74, 6) is -0.577. The summed E-state index contributed by atoms with van der Waals surface area (Å²) in [5.41, 5.74) is 10.2. The van der Waals surface area contributed by atoms with Gasteiger partial charge in [0.05, 0.1) is 0 Å². The van der Waals surface area contributed by atoms with Crippen LogP contribution in [0.25, 0.3) is 0 Å². The van der Waals surface area contributed by atoms with Crippen LogP contribution in [0, 0.1) is 0 Å². The van der Waals surface area contributed by atoms with Crippen LogP contribution in [0.2, 0.25) is 5.15 Å². The van der Waals surface area contributed by atoms with Crippen LogP contribution in [0.15, 0.2) is 0 Å². The van der Waals surface area contributed by atoms with E-state index < -0.39 is 17.5 Å². The van der Waals surface area contributed by atoms with Crippen molar-refractivity contribution in [3.05, 3.63) is 10.8 Å². The average Bonchev–Trinajstić information content (AvgIpc) is 2.50. The number of rotatable bonds is 4. The Hall–Kier alpha value is -2.29. The number of carboxylic acid groups (broad SMARTS) is 1. The number of primary amides is 1. The minimum absolute atomic E-state index is 0.0250. The molecule has 0 aliphatic heterocycles. The van der Waals surface area contributed by atoms with Crippen molar-refractivity contribution in [2.45, 2.75) is 64.1 Å². The highest BCUT2D eigenvalue weighted by Gasteiger charge is 2.35. The fourth-order valence-electron chi connectivity index (χ4n) is 3.36. The van der Waals surface area contributed by atoms with Gasteiger partial charge in [-0.25, -0.2) is 14.8 Å². The molecule has 26 heavy (non-hydrogen) atoms. The van der Waals surface area contributed by atoms with Gasteiger partial charge in [-0.1, -0.05) is 11.6 Å². The van der Waals surface area contributed by atoms with Crippen molar-refractivity contribution >= 4 is 35.2 Å². The van der Waals surface area contributed by atoms with Gasteiger partial charge in [0.1, 0.15) is 0 Å². The van der Waals surface area contributed by atoms with E-state index in [4.69, 9.17) is 23.1 Å².